The van der Waals surface area contributed by atoms with Gasteiger partial charge in [-0.2, -0.15) is 0 Å². The van der Waals surface area contributed by atoms with Crippen molar-refractivity contribution in [2.24, 2.45) is 0 Å². The summed E-state index contributed by atoms with van der Waals surface area (Å²) >= 11 is 0. The summed E-state index contributed by atoms with van der Waals surface area (Å²) in [5, 5.41) is 16.0. The highest BCUT2D eigenvalue weighted by molar-refractivity contribution is 4.78. The Morgan fingerprint density at radius 3 is 1.50 bits per heavy atom. The molecule has 0 spiro atoms. The van der Waals surface area contributed by atoms with Crippen molar-refractivity contribution in [3.8, 4) is 0 Å². The molecule has 0 fully saturated rings. The minimum absolute atomic E-state index is 0.0144. The van der Waals surface area contributed by atoms with Crippen LogP contribution in [-0.2, 0) is 0 Å². The molecule has 2 heteroatoms. The Balaban J connectivity index is 2.73. The molecule has 0 saturated carbocycles. The molecule has 0 amide bonds. The van der Waals surface area contributed by atoms with Crippen LogP contribution >= 0.6 is 0 Å². The average molecular weight is 92.1 g/mol. The lowest BCUT2D eigenvalue weighted by Crippen LogP contribution is -1.74. The summed E-state index contributed by atoms with van der Waals surface area (Å²) in [5.74, 6) is 0. The molecular formula is C4H8O2. The van der Waals surface area contributed by atoms with Crippen LogP contribution in [0.25, 0.3) is 0 Å². The van der Waals surface area contributed by atoms with Crippen molar-refractivity contribution in [2.45, 2.75) is 0 Å². The van der Waals surface area contributed by atoms with E-state index in [1.165, 1.54) is 12.2 Å². The highest BCUT2D eigenvalue weighted by Crippen LogP contribution is 1.63. The first-order valence-electron chi connectivity index (χ1n) is 1.78. The summed E-state index contributed by atoms with van der Waals surface area (Å²) < 4.78 is 0. The lowest BCUT2D eigenvalue weighted by Gasteiger charge is -1.73. The van der Waals surface area contributed by atoms with Crippen molar-refractivity contribution < 1.29 is 10.2 Å². The van der Waals surface area contributed by atoms with Crippen molar-refractivity contribution in [1.82, 2.24) is 0 Å². The summed E-state index contributed by atoms with van der Waals surface area (Å²) in [7, 11) is 0. The molecule has 0 aliphatic carbocycles. The molecule has 0 aromatic carbocycles. The molecule has 0 bridgehead atoms. The zero-order chi connectivity index (χ0) is 4.83. The molecule has 0 radical (unpaired) electrons. The van der Waals surface area contributed by atoms with Gasteiger partial charge in [0.05, 0.1) is 13.2 Å². The van der Waals surface area contributed by atoms with Crippen LogP contribution in [0, 0.1) is 0 Å². The van der Waals surface area contributed by atoms with Crippen LogP contribution in [0.3, 0.4) is 0 Å². The zero-order valence-electron chi connectivity index (χ0n) is 3.46. The van der Waals surface area contributed by atoms with Gasteiger partial charge in [-0.05, 0) is 0 Å². The zero-order valence-corrected chi connectivity index (χ0v) is 3.46. The first-order chi connectivity index (χ1) is 2.91. The Morgan fingerprint density at radius 2 is 1.33 bits per heavy atom. The van der Waals surface area contributed by atoms with E-state index in [0.717, 1.165) is 0 Å². The van der Waals surface area contributed by atoms with Gasteiger partial charge in [-0.1, -0.05) is 12.2 Å². The van der Waals surface area contributed by atoms with E-state index in [9.17, 15) is 0 Å². The van der Waals surface area contributed by atoms with Crippen LogP contribution in [0.15, 0.2) is 12.2 Å². The van der Waals surface area contributed by atoms with Crippen molar-refractivity contribution in [2.75, 3.05) is 13.2 Å². The first-order valence-corrected chi connectivity index (χ1v) is 1.78. The van der Waals surface area contributed by atoms with Gasteiger partial charge in [-0.15, -0.1) is 0 Å². The monoisotopic (exact) mass is 92.1 g/mol. The van der Waals surface area contributed by atoms with Crippen molar-refractivity contribution in [1.29, 1.82) is 0 Å². The predicted molar refractivity (Wildman–Crippen MR) is 23.3 cm³/mol. The van der Waals surface area contributed by atoms with E-state index in [4.69, 9.17) is 10.2 Å². The number of hydrogen-bond acceptors (Lipinski definition) is 2. The predicted octanol–water partition coefficient (Wildman–Crippen LogP) is -0.473. The standard InChI is InChI=1S/C4H8O2/c5-3-1-2-4-6/h1-2,5-6H,3-4H2/b2-1-/i1+1,2+1,3+1,4+1. The minimum atomic E-state index is 0.0144. The van der Waals surface area contributed by atoms with Crippen molar-refractivity contribution in [3.05, 3.63) is 12.2 Å². The molecule has 6 heavy (non-hydrogen) atoms. The van der Waals surface area contributed by atoms with Gasteiger partial charge in [0.2, 0.25) is 0 Å². The summed E-state index contributed by atoms with van der Waals surface area (Å²) in [6.07, 6.45) is 2.97. The second-order valence-electron chi connectivity index (χ2n) is 0.837. The van der Waals surface area contributed by atoms with Gasteiger partial charge in [-0.25, -0.2) is 0 Å². The van der Waals surface area contributed by atoms with Gasteiger partial charge in [0.1, 0.15) is 0 Å². The van der Waals surface area contributed by atoms with Gasteiger partial charge >= 0.3 is 0 Å². The lowest BCUT2D eigenvalue weighted by molar-refractivity contribution is 0.329. The molecule has 0 aromatic heterocycles. The van der Waals surface area contributed by atoms with Crippen LogP contribution in [0.2, 0.25) is 0 Å². The van der Waals surface area contributed by atoms with Gasteiger partial charge in [0.25, 0.3) is 0 Å². The fourth-order valence-corrected chi connectivity index (χ4v) is 0.149. The maximum atomic E-state index is 8.00. The SMILES string of the molecule is O[13CH2]/[13CH]=[13CH]\[13CH2]O. The summed E-state index contributed by atoms with van der Waals surface area (Å²) in [5.41, 5.74) is 0. The Labute approximate surface area is 36.7 Å². The summed E-state index contributed by atoms with van der Waals surface area (Å²) in [4.78, 5) is 0. The van der Waals surface area contributed by atoms with E-state index < -0.39 is 0 Å². The highest BCUT2D eigenvalue weighted by atomic mass is 16.3. The number of hydrogen-bond donors (Lipinski definition) is 2. The van der Waals surface area contributed by atoms with Crippen LogP contribution in [0.4, 0.5) is 0 Å². The molecule has 36 valence electrons. The fraction of sp³-hybridized carbons (Fsp3) is 0.500. The van der Waals surface area contributed by atoms with Crippen molar-refractivity contribution in [3.63, 3.8) is 0 Å². The molecule has 2 nitrogen and oxygen atoms in total. The van der Waals surface area contributed by atoms with E-state index in [1.54, 1.807) is 0 Å². The Morgan fingerprint density at radius 1 is 1.00 bits per heavy atom. The van der Waals surface area contributed by atoms with Crippen LogP contribution in [-0.4, -0.2) is 23.4 Å². The molecule has 0 saturated heterocycles. The summed E-state index contributed by atoms with van der Waals surface area (Å²) in [6, 6.07) is 0. The Kier molecular flexibility index (Phi) is 4.40. The highest BCUT2D eigenvalue weighted by Gasteiger charge is 1.61. The van der Waals surface area contributed by atoms with Gasteiger partial charge in [-0.3, -0.25) is 0 Å². The Hall–Kier alpha value is -0.340. The van der Waals surface area contributed by atoms with E-state index in [2.05, 4.69) is 0 Å². The number of rotatable bonds is 2. The first kappa shape index (κ1) is 5.66. The third kappa shape index (κ3) is 3.66. The topological polar surface area (TPSA) is 40.5 Å². The smallest absolute Gasteiger partial charge is 0.0613 e. The number of aliphatic hydroxyl groups is 2. The summed E-state index contributed by atoms with van der Waals surface area (Å²) in [6.45, 7) is 0.0289. The third-order valence-electron chi connectivity index (χ3n) is 0.377. The quantitative estimate of drug-likeness (QED) is 0.357. The van der Waals surface area contributed by atoms with E-state index in [0.29, 0.717) is 0 Å². The molecule has 0 aliphatic rings. The van der Waals surface area contributed by atoms with Crippen LogP contribution < -0.4 is 0 Å². The van der Waals surface area contributed by atoms with Crippen molar-refractivity contribution >= 4 is 0 Å². The third-order valence-corrected chi connectivity index (χ3v) is 0.377. The second kappa shape index (κ2) is 4.66. The Bertz CT molecular complexity index is 34.8. The van der Waals surface area contributed by atoms with Gasteiger partial charge in [0.15, 0.2) is 0 Å². The second-order valence-corrected chi connectivity index (χ2v) is 0.837. The molecule has 0 aliphatic heterocycles. The normalized spacial score (nSPS) is 10.3. The molecule has 0 aromatic rings. The molecule has 0 atom stereocenters. The maximum absolute atomic E-state index is 8.00. The van der Waals surface area contributed by atoms with Crippen LogP contribution in [0.5, 0.6) is 0 Å². The van der Waals surface area contributed by atoms with Gasteiger partial charge in [0, 0.05) is 0 Å². The largest absolute Gasteiger partial charge is 0.392 e. The molecule has 2 N–H and O–H groups in total. The molecule has 0 rings (SSSR count). The molecular weight excluding hydrogens is 84.0 g/mol. The van der Waals surface area contributed by atoms with E-state index in [1.807, 2.05) is 0 Å². The lowest BCUT2D eigenvalue weighted by atomic mass is 11.5. The van der Waals surface area contributed by atoms with E-state index in [-0.39, 0.29) is 13.2 Å². The average Bonchev–Trinajstić information content (AvgIpc) is 1.61. The van der Waals surface area contributed by atoms with E-state index >= 15 is 0 Å². The van der Waals surface area contributed by atoms with Gasteiger partial charge < -0.3 is 10.2 Å². The fourth-order valence-electron chi connectivity index (χ4n) is 0.149. The molecule has 0 unspecified atom stereocenters. The van der Waals surface area contributed by atoms with Crippen LogP contribution in [0.1, 0.15) is 0 Å². The minimum Gasteiger partial charge on any atom is -0.392 e. The number of aliphatic hydroxyl groups excluding tert-OH is 2. The molecule has 0 heterocycles. The maximum Gasteiger partial charge on any atom is 0.0613 e.